The first-order valence-electron chi connectivity index (χ1n) is 7.24. The van der Waals surface area contributed by atoms with E-state index >= 15 is 0 Å². The van der Waals surface area contributed by atoms with Crippen LogP contribution in [0, 0.1) is 5.92 Å². The van der Waals surface area contributed by atoms with E-state index < -0.39 is 17.9 Å². The Bertz CT molecular complexity index is 298. The molecule has 0 unspecified atom stereocenters. The lowest BCUT2D eigenvalue weighted by Gasteiger charge is -2.30. The summed E-state index contributed by atoms with van der Waals surface area (Å²) in [6, 6.07) is 0. The van der Waals surface area contributed by atoms with E-state index in [1.807, 2.05) is 0 Å². The molecule has 0 saturated heterocycles. The highest BCUT2D eigenvalue weighted by Crippen LogP contribution is 2.25. The van der Waals surface area contributed by atoms with Crippen molar-refractivity contribution in [2.45, 2.75) is 65.2 Å². The van der Waals surface area contributed by atoms with Crippen molar-refractivity contribution in [1.82, 2.24) is 4.34 Å². The zero-order valence-electron chi connectivity index (χ0n) is 12.6. The summed E-state index contributed by atoms with van der Waals surface area (Å²) in [6.07, 6.45) is 5.30. The van der Waals surface area contributed by atoms with E-state index in [4.69, 9.17) is 5.10 Å². The van der Waals surface area contributed by atoms with Crippen LogP contribution in [-0.4, -0.2) is 33.8 Å². The Labute approximate surface area is 115 Å². The molecule has 0 bridgehead atoms. The maximum atomic E-state index is 11.1. The van der Waals surface area contributed by atoms with Crippen LogP contribution in [0.1, 0.15) is 39.0 Å². The summed E-state index contributed by atoms with van der Waals surface area (Å²) in [7, 11) is -1.60. The van der Waals surface area contributed by atoms with Crippen molar-refractivity contribution in [3.8, 4) is 0 Å². The van der Waals surface area contributed by atoms with Gasteiger partial charge < -0.3 is 9.13 Å². The number of carbonyl (C=O) groups is 1. The molecule has 0 spiro atoms. The third kappa shape index (κ3) is 5.06. The summed E-state index contributed by atoms with van der Waals surface area (Å²) in [5.41, 5.74) is 1.39. The van der Waals surface area contributed by atoms with E-state index in [0.717, 1.165) is 32.1 Å². The van der Waals surface area contributed by atoms with Gasteiger partial charge in [0.25, 0.3) is 0 Å². The number of carbonyl (C=O) groups excluding carboxylic acids is 1. The Morgan fingerprint density at radius 3 is 2.11 bits per heavy atom. The number of rotatable bonds is 5. The zero-order chi connectivity index (χ0) is 13.7. The maximum absolute atomic E-state index is 11.1. The normalized spacial score (nSPS) is 20.4. The van der Waals surface area contributed by atoms with Crippen LogP contribution in [0.25, 0.3) is 0 Å². The number of hydrogen-bond acceptors (Lipinski definition) is 3. The first-order chi connectivity index (χ1) is 8.40. The lowest BCUT2D eigenvalue weighted by Crippen LogP contribution is -2.39. The average Bonchev–Trinajstić information content (AvgIpc) is 2.26. The molecule has 104 valence electrons. The Balaban J connectivity index is 2.53. The van der Waals surface area contributed by atoms with Crippen molar-refractivity contribution in [3.05, 3.63) is 0 Å². The van der Waals surface area contributed by atoms with Gasteiger partial charge in [-0.25, -0.2) is 5.10 Å². The smallest absolute Gasteiger partial charge is 0.144 e. The first kappa shape index (κ1) is 15.6. The van der Waals surface area contributed by atoms with E-state index in [0.29, 0.717) is 11.7 Å². The molecule has 0 aromatic rings. The topological polar surface area (TPSA) is 32.7 Å². The van der Waals surface area contributed by atoms with Crippen LogP contribution in [0.3, 0.4) is 0 Å². The fourth-order valence-electron chi connectivity index (χ4n) is 2.71. The molecule has 0 amide bonds. The Kier molecular flexibility index (Phi) is 6.28. The molecule has 1 rings (SSSR count). The highest BCUT2D eigenvalue weighted by Gasteiger charge is 2.21. The van der Waals surface area contributed by atoms with Crippen LogP contribution >= 0.6 is 0 Å². The van der Waals surface area contributed by atoms with Gasteiger partial charge in [0.15, 0.2) is 0 Å². The Morgan fingerprint density at radius 2 is 1.72 bits per heavy atom. The predicted octanol–water partition coefficient (Wildman–Crippen LogP) is 2.78. The molecule has 0 aromatic heterocycles. The molecule has 1 fully saturated rings. The minimum Gasteiger partial charge on any atom is -0.355 e. The van der Waals surface area contributed by atoms with Gasteiger partial charge in [-0.3, -0.25) is 0 Å². The van der Waals surface area contributed by atoms with Gasteiger partial charge >= 0.3 is 0 Å². The second-order valence-corrected chi connectivity index (χ2v) is 12.1. The van der Waals surface area contributed by atoms with Gasteiger partial charge in [0.05, 0.1) is 0 Å². The molecule has 0 atom stereocenters. The fourth-order valence-corrected chi connectivity index (χ4v) is 8.27. The Hall–Kier alpha value is -0.426. The second kappa shape index (κ2) is 7.23. The van der Waals surface area contributed by atoms with Crippen LogP contribution in [-0.2, 0) is 4.79 Å². The molecule has 1 aliphatic rings. The molecule has 5 heteroatoms. The Morgan fingerprint density at radius 1 is 1.22 bits per heavy atom. The van der Waals surface area contributed by atoms with E-state index in [1.54, 1.807) is 6.92 Å². The number of nitrogens with zero attached hydrogens (tertiary/aromatic N) is 2. The molecule has 0 aliphatic heterocycles. The number of Topliss-reactive ketones (excluding diaryl/α,β-unsaturated/α-hetero) is 1. The van der Waals surface area contributed by atoms with Gasteiger partial charge in [-0.05, 0) is 38.5 Å². The molecule has 18 heavy (non-hydrogen) atoms. The van der Waals surface area contributed by atoms with Crippen molar-refractivity contribution in [2.24, 2.45) is 11.0 Å². The summed E-state index contributed by atoms with van der Waals surface area (Å²) in [6.45, 7) is 11.1. The number of hydrazone groups is 1. The molecule has 0 aromatic carbocycles. The first-order valence-corrected chi connectivity index (χ1v) is 12.9. The molecule has 0 heterocycles. The van der Waals surface area contributed by atoms with Crippen molar-refractivity contribution in [3.63, 3.8) is 0 Å². The predicted molar refractivity (Wildman–Crippen MR) is 84.3 cm³/mol. The number of hydrogen-bond donors (Lipinski definition) is 0. The molecule has 0 radical (unpaired) electrons. The van der Waals surface area contributed by atoms with Gasteiger partial charge in [0.1, 0.15) is 23.7 Å². The summed E-state index contributed by atoms with van der Waals surface area (Å²) >= 11 is 0. The minimum atomic E-state index is -0.800. The van der Waals surface area contributed by atoms with Crippen molar-refractivity contribution < 1.29 is 4.79 Å². The third-order valence-electron chi connectivity index (χ3n) is 3.57. The van der Waals surface area contributed by atoms with Crippen LogP contribution in [0.2, 0.25) is 26.2 Å². The summed E-state index contributed by atoms with van der Waals surface area (Å²) in [5, 5.41) is 4.94. The maximum Gasteiger partial charge on any atom is 0.144 e. The van der Waals surface area contributed by atoms with Crippen molar-refractivity contribution >= 4 is 29.4 Å². The highest BCUT2D eigenvalue weighted by atomic mass is 28.3. The zero-order valence-corrected chi connectivity index (χ0v) is 14.9. The van der Waals surface area contributed by atoms with Gasteiger partial charge in [0.2, 0.25) is 0 Å². The second-order valence-electron chi connectivity index (χ2n) is 6.08. The van der Waals surface area contributed by atoms with Crippen LogP contribution in [0.15, 0.2) is 5.10 Å². The lowest BCUT2D eigenvalue weighted by atomic mass is 9.85. The summed E-state index contributed by atoms with van der Waals surface area (Å²) in [5.74, 6) is 0.952. The van der Waals surface area contributed by atoms with E-state index in [-0.39, 0.29) is 0 Å². The van der Waals surface area contributed by atoms with Gasteiger partial charge in [-0.1, -0.05) is 26.2 Å². The monoisotopic (exact) mass is 284 g/mol. The molecule has 1 aliphatic carbocycles. The average molecular weight is 285 g/mol. The van der Waals surface area contributed by atoms with Gasteiger partial charge in [-0.2, -0.15) is 0 Å². The summed E-state index contributed by atoms with van der Waals surface area (Å²) < 4.78 is 2.47. The molecule has 3 nitrogen and oxygen atoms in total. The molecular formula is C13H28N2OSi2. The highest BCUT2D eigenvalue weighted by molar-refractivity contribution is 6.69. The van der Waals surface area contributed by atoms with Crippen molar-refractivity contribution in [2.75, 3.05) is 0 Å². The third-order valence-corrected chi connectivity index (χ3v) is 9.50. The molecular weight excluding hydrogens is 256 g/mol. The molecule has 1 saturated carbocycles. The van der Waals surface area contributed by atoms with Crippen LogP contribution in [0.4, 0.5) is 0 Å². The van der Waals surface area contributed by atoms with Crippen LogP contribution in [0.5, 0.6) is 0 Å². The van der Waals surface area contributed by atoms with Crippen LogP contribution < -0.4 is 0 Å². The van der Waals surface area contributed by atoms with E-state index in [9.17, 15) is 4.79 Å². The standard InChI is InChI=1S/C13H28N2OSi2/c1-11(16)10-12-6-8-13(9-7-12)14-15(17(2)3)18(4)5/h12,17-18H,6-10H2,1-5H3. The van der Waals surface area contributed by atoms with E-state index in [2.05, 4.69) is 30.5 Å². The largest absolute Gasteiger partial charge is 0.355 e. The fraction of sp³-hybridized carbons (Fsp3) is 0.846. The number of ketones is 1. The minimum absolute atomic E-state index is 0.339. The SMILES string of the molecule is CC(=O)CC1CCC(=NN([SiH](C)C)[SiH](C)C)CC1. The lowest BCUT2D eigenvalue weighted by molar-refractivity contribution is -0.118. The van der Waals surface area contributed by atoms with Gasteiger partial charge in [0, 0.05) is 12.1 Å². The van der Waals surface area contributed by atoms with E-state index in [1.165, 1.54) is 5.71 Å². The van der Waals surface area contributed by atoms with Gasteiger partial charge in [-0.15, -0.1) is 0 Å². The quantitative estimate of drug-likeness (QED) is 0.574. The van der Waals surface area contributed by atoms with Crippen molar-refractivity contribution in [1.29, 1.82) is 0 Å². The molecule has 0 N–H and O–H groups in total. The summed E-state index contributed by atoms with van der Waals surface area (Å²) in [4.78, 5) is 11.1.